The molecule has 1 aromatic carbocycles. The lowest BCUT2D eigenvalue weighted by molar-refractivity contribution is 0.104. The van der Waals surface area contributed by atoms with Gasteiger partial charge in [0.15, 0.2) is 11.6 Å². The number of nitrogens with one attached hydrogen (secondary N) is 2. The zero-order valence-electron chi connectivity index (χ0n) is 13.3. The number of benzene rings is 1. The van der Waals surface area contributed by atoms with Crippen LogP contribution in [0.15, 0.2) is 36.0 Å². The Morgan fingerprint density at radius 1 is 1.46 bits per heavy atom. The lowest BCUT2D eigenvalue weighted by atomic mass is 10.1. The predicted molar refractivity (Wildman–Crippen MR) is 93.6 cm³/mol. The zero-order chi connectivity index (χ0) is 17.5. The van der Waals surface area contributed by atoms with Gasteiger partial charge in [-0.25, -0.2) is 0 Å². The summed E-state index contributed by atoms with van der Waals surface area (Å²) in [5, 5.41) is 19.4. The molecule has 124 valence electrons. The second kappa shape index (κ2) is 8.18. The zero-order valence-corrected chi connectivity index (χ0v) is 14.0. The number of aromatic amines is 1. The number of nitrogens with zero attached hydrogens (tertiary/aromatic N) is 2. The number of nitriles is 1. The second-order valence-corrected chi connectivity index (χ2v) is 5.74. The van der Waals surface area contributed by atoms with Crippen LogP contribution >= 0.6 is 11.6 Å². The van der Waals surface area contributed by atoms with Gasteiger partial charge in [-0.2, -0.15) is 10.4 Å². The minimum Gasteiger partial charge on any atom is -0.388 e. The summed E-state index contributed by atoms with van der Waals surface area (Å²) in [7, 11) is 0. The fraction of sp³-hybridized carbons (Fsp3) is 0.235. The lowest BCUT2D eigenvalue weighted by Gasteiger charge is -2.06. The Morgan fingerprint density at radius 3 is 2.83 bits per heavy atom. The van der Waals surface area contributed by atoms with Gasteiger partial charge in [0, 0.05) is 28.9 Å². The van der Waals surface area contributed by atoms with Gasteiger partial charge >= 0.3 is 0 Å². The van der Waals surface area contributed by atoms with Gasteiger partial charge in [-0.1, -0.05) is 11.6 Å². The van der Waals surface area contributed by atoms with Crippen LogP contribution in [-0.2, 0) is 6.42 Å². The van der Waals surface area contributed by atoms with Crippen molar-refractivity contribution in [2.24, 2.45) is 0 Å². The number of allylic oxidation sites excluding steroid dienone is 2. The van der Waals surface area contributed by atoms with Gasteiger partial charge in [-0.05, 0) is 44.0 Å². The van der Waals surface area contributed by atoms with E-state index in [1.807, 2.05) is 13.0 Å². The van der Waals surface area contributed by atoms with Crippen molar-refractivity contribution >= 4 is 23.2 Å². The highest BCUT2D eigenvalue weighted by molar-refractivity contribution is 6.30. The monoisotopic (exact) mass is 343 g/mol. The third-order valence-electron chi connectivity index (χ3n) is 3.46. The molecule has 6 nitrogen and oxygen atoms in total. The van der Waals surface area contributed by atoms with Crippen LogP contribution in [0.25, 0.3) is 0 Å². The molecule has 0 bridgehead atoms. The summed E-state index contributed by atoms with van der Waals surface area (Å²) in [5.74, 6) is 0.148. The van der Waals surface area contributed by atoms with Crippen molar-refractivity contribution in [3.63, 3.8) is 0 Å². The summed E-state index contributed by atoms with van der Waals surface area (Å²) in [6.45, 7) is 2.50. The fourth-order valence-electron chi connectivity index (χ4n) is 2.20. The van der Waals surface area contributed by atoms with Gasteiger partial charge < -0.3 is 11.1 Å². The van der Waals surface area contributed by atoms with Crippen molar-refractivity contribution in [1.29, 1.82) is 5.26 Å². The van der Waals surface area contributed by atoms with E-state index in [0.717, 1.165) is 17.8 Å². The van der Waals surface area contributed by atoms with E-state index in [4.69, 9.17) is 22.6 Å². The average Bonchev–Trinajstić information content (AvgIpc) is 2.92. The van der Waals surface area contributed by atoms with E-state index in [-0.39, 0.29) is 11.6 Å². The predicted octanol–water partition coefficient (Wildman–Crippen LogP) is 2.83. The number of H-pyrrole nitrogens is 1. The van der Waals surface area contributed by atoms with E-state index in [1.165, 1.54) is 0 Å². The van der Waals surface area contributed by atoms with Crippen LogP contribution in [0, 0.1) is 11.3 Å². The Morgan fingerprint density at radius 2 is 2.17 bits per heavy atom. The number of aryl methyl sites for hydroxylation is 1. The summed E-state index contributed by atoms with van der Waals surface area (Å²) >= 11 is 5.81. The molecular formula is C17H18ClN5O. The second-order valence-electron chi connectivity index (χ2n) is 5.30. The normalized spacial score (nSPS) is 11.1. The molecule has 0 spiro atoms. The van der Waals surface area contributed by atoms with Gasteiger partial charge in [0.2, 0.25) is 0 Å². The van der Waals surface area contributed by atoms with Crippen LogP contribution in [0.5, 0.6) is 0 Å². The molecule has 0 radical (unpaired) electrons. The van der Waals surface area contributed by atoms with Crippen LogP contribution in [0.2, 0.25) is 5.02 Å². The molecule has 0 aliphatic rings. The van der Waals surface area contributed by atoms with Gasteiger partial charge in [0.1, 0.15) is 11.6 Å². The van der Waals surface area contributed by atoms with Crippen molar-refractivity contribution in [1.82, 2.24) is 15.5 Å². The Kier molecular flexibility index (Phi) is 5.99. The number of hydrogen-bond acceptors (Lipinski definition) is 5. The summed E-state index contributed by atoms with van der Waals surface area (Å²) < 4.78 is 0. The first-order valence-electron chi connectivity index (χ1n) is 7.46. The van der Waals surface area contributed by atoms with Gasteiger partial charge in [-0.3, -0.25) is 9.89 Å². The molecule has 0 atom stereocenters. The molecule has 0 saturated heterocycles. The van der Waals surface area contributed by atoms with Crippen molar-refractivity contribution in [3.8, 4) is 6.07 Å². The molecule has 4 N–H and O–H groups in total. The minimum absolute atomic E-state index is 0.0789. The molecule has 1 heterocycles. The number of aromatic nitrogens is 2. The molecule has 0 fully saturated rings. The van der Waals surface area contributed by atoms with Crippen molar-refractivity contribution in [3.05, 3.63) is 57.9 Å². The van der Waals surface area contributed by atoms with E-state index >= 15 is 0 Å². The molecule has 0 saturated carbocycles. The maximum atomic E-state index is 12.1. The topological polar surface area (TPSA) is 108 Å². The van der Waals surface area contributed by atoms with Crippen LogP contribution in [0.3, 0.4) is 0 Å². The van der Waals surface area contributed by atoms with E-state index in [0.29, 0.717) is 29.1 Å². The van der Waals surface area contributed by atoms with Gasteiger partial charge in [0.25, 0.3) is 0 Å². The average molecular weight is 344 g/mol. The van der Waals surface area contributed by atoms with Crippen LogP contribution in [0.1, 0.15) is 35.0 Å². The number of halogens is 1. The third kappa shape index (κ3) is 4.61. The van der Waals surface area contributed by atoms with Crippen molar-refractivity contribution < 1.29 is 4.79 Å². The Balaban J connectivity index is 1.82. The first kappa shape index (κ1) is 17.6. The van der Waals surface area contributed by atoms with Crippen LogP contribution in [-0.4, -0.2) is 22.5 Å². The minimum atomic E-state index is -0.0789. The summed E-state index contributed by atoms with van der Waals surface area (Å²) in [6, 6.07) is 8.80. The number of carbonyl (C=O) groups is 1. The van der Waals surface area contributed by atoms with Crippen molar-refractivity contribution in [2.45, 2.75) is 19.8 Å². The van der Waals surface area contributed by atoms with E-state index in [1.54, 1.807) is 30.3 Å². The standard InChI is InChI=1S/C17H18ClN5O/c1-11(9-16(24)12-4-6-13(18)7-5-12)21-8-2-3-15-14(10-19)17(20)23-22-15/h4-7,9,21H,2-3,8H2,1H3,(H3,20,22,23)/b11-9+. The first-order chi connectivity index (χ1) is 11.5. The van der Waals surface area contributed by atoms with E-state index in [2.05, 4.69) is 15.5 Å². The van der Waals surface area contributed by atoms with Gasteiger partial charge in [0.05, 0.1) is 5.69 Å². The summed E-state index contributed by atoms with van der Waals surface area (Å²) in [6.07, 6.45) is 2.98. The Bertz CT molecular complexity index is 786. The highest BCUT2D eigenvalue weighted by atomic mass is 35.5. The number of nitrogen functional groups attached to an aromatic ring is 1. The highest BCUT2D eigenvalue weighted by Crippen LogP contribution is 2.13. The molecule has 1 aromatic heterocycles. The molecule has 0 aliphatic heterocycles. The number of hydrogen-bond donors (Lipinski definition) is 3. The van der Waals surface area contributed by atoms with Crippen LogP contribution < -0.4 is 11.1 Å². The highest BCUT2D eigenvalue weighted by Gasteiger charge is 2.09. The Labute approximate surface area is 145 Å². The molecule has 0 amide bonds. The SMILES string of the molecule is C/C(=C\C(=O)c1ccc(Cl)cc1)NCCCc1[nH]nc(N)c1C#N. The first-order valence-corrected chi connectivity index (χ1v) is 7.84. The van der Waals surface area contributed by atoms with Crippen molar-refractivity contribution in [2.75, 3.05) is 12.3 Å². The molecule has 0 unspecified atom stereocenters. The molecule has 0 aliphatic carbocycles. The quantitative estimate of drug-likeness (QED) is 0.407. The fourth-order valence-corrected chi connectivity index (χ4v) is 2.32. The molecule has 24 heavy (non-hydrogen) atoms. The molecule has 2 rings (SSSR count). The largest absolute Gasteiger partial charge is 0.388 e. The maximum absolute atomic E-state index is 12.1. The molecule has 7 heteroatoms. The van der Waals surface area contributed by atoms with E-state index < -0.39 is 0 Å². The molecule has 2 aromatic rings. The summed E-state index contributed by atoms with van der Waals surface area (Å²) in [4.78, 5) is 12.1. The number of rotatable bonds is 7. The van der Waals surface area contributed by atoms with E-state index in [9.17, 15) is 4.79 Å². The van der Waals surface area contributed by atoms with Crippen LogP contribution in [0.4, 0.5) is 5.82 Å². The van der Waals surface area contributed by atoms with Gasteiger partial charge in [-0.15, -0.1) is 0 Å². The Hall–Kier alpha value is -2.78. The number of carbonyl (C=O) groups excluding carboxylic acids is 1. The number of ketones is 1. The smallest absolute Gasteiger partial charge is 0.187 e. The summed E-state index contributed by atoms with van der Waals surface area (Å²) in [5.41, 5.74) is 8.09. The lowest BCUT2D eigenvalue weighted by Crippen LogP contribution is -2.15. The number of nitrogens with two attached hydrogens (primary N) is 1. The number of anilines is 1. The maximum Gasteiger partial charge on any atom is 0.187 e. The molecular weight excluding hydrogens is 326 g/mol. The third-order valence-corrected chi connectivity index (χ3v) is 3.72.